The summed E-state index contributed by atoms with van der Waals surface area (Å²) in [4.78, 5) is 12.7. The monoisotopic (exact) mass is 440 g/mol. The normalized spacial score (nSPS) is 11.9. The Labute approximate surface area is 171 Å². The first kappa shape index (κ1) is 22.7. The number of anilines is 2. The number of hydrogen-bond acceptors (Lipinski definition) is 6. The molecule has 0 atom stereocenters. The maximum Gasteiger partial charge on any atom is 0.256 e. The van der Waals surface area contributed by atoms with Crippen LogP contribution in [-0.2, 0) is 19.9 Å². The van der Waals surface area contributed by atoms with Crippen molar-refractivity contribution in [3.8, 4) is 5.75 Å². The van der Waals surface area contributed by atoms with E-state index >= 15 is 0 Å². The van der Waals surface area contributed by atoms with E-state index in [2.05, 4.69) is 10.0 Å². The molecule has 0 aliphatic heterocycles. The summed E-state index contributed by atoms with van der Waals surface area (Å²) < 4.78 is 56.3. The fourth-order valence-corrected chi connectivity index (χ4v) is 4.34. The van der Waals surface area contributed by atoms with Crippen molar-refractivity contribution in [1.29, 1.82) is 0 Å². The number of sulfone groups is 1. The van der Waals surface area contributed by atoms with E-state index in [1.807, 2.05) is 0 Å². The number of rotatable bonds is 8. The largest absolute Gasteiger partial charge is 0.494 e. The highest BCUT2D eigenvalue weighted by Gasteiger charge is 2.25. The molecule has 0 saturated heterocycles. The SMILES string of the molecule is CCS(=O)(=O)Nc1ccc(NC(=O)c2ccccc2S(=O)(=O)C(C)C)cc1OC. The topological polar surface area (TPSA) is 119 Å². The second-order valence-electron chi connectivity index (χ2n) is 6.46. The van der Waals surface area contributed by atoms with Gasteiger partial charge in [-0.25, -0.2) is 16.8 Å². The summed E-state index contributed by atoms with van der Waals surface area (Å²) in [5, 5.41) is 1.95. The predicted octanol–water partition coefficient (Wildman–Crippen LogP) is 2.89. The van der Waals surface area contributed by atoms with Crippen LogP contribution in [0.3, 0.4) is 0 Å². The summed E-state index contributed by atoms with van der Waals surface area (Å²) in [5.74, 6) is -0.493. The minimum Gasteiger partial charge on any atom is -0.494 e. The Bertz CT molecular complexity index is 1110. The van der Waals surface area contributed by atoms with Gasteiger partial charge in [-0.1, -0.05) is 12.1 Å². The lowest BCUT2D eigenvalue weighted by Gasteiger charge is -2.15. The van der Waals surface area contributed by atoms with Crippen LogP contribution in [0.5, 0.6) is 5.75 Å². The minimum absolute atomic E-state index is 0.0240. The number of benzene rings is 2. The number of ether oxygens (including phenoxy) is 1. The summed E-state index contributed by atoms with van der Waals surface area (Å²) in [5.41, 5.74) is 0.578. The maximum atomic E-state index is 12.7. The van der Waals surface area contributed by atoms with Crippen LogP contribution < -0.4 is 14.8 Å². The molecule has 8 nitrogen and oxygen atoms in total. The van der Waals surface area contributed by atoms with E-state index in [-0.39, 0.29) is 27.6 Å². The van der Waals surface area contributed by atoms with Gasteiger partial charge in [-0.3, -0.25) is 9.52 Å². The number of hydrogen-bond donors (Lipinski definition) is 2. The molecule has 0 aliphatic rings. The third-order valence-corrected chi connectivity index (χ3v) is 7.66. The number of sulfonamides is 1. The molecule has 2 aromatic rings. The number of methoxy groups -OCH3 is 1. The first-order valence-electron chi connectivity index (χ1n) is 8.84. The first-order chi connectivity index (χ1) is 13.5. The third-order valence-electron chi connectivity index (χ3n) is 4.16. The lowest BCUT2D eigenvalue weighted by atomic mass is 10.2. The summed E-state index contributed by atoms with van der Waals surface area (Å²) in [6, 6.07) is 10.4. The van der Waals surface area contributed by atoms with Crippen molar-refractivity contribution in [3.63, 3.8) is 0 Å². The average molecular weight is 441 g/mol. The van der Waals surface area contributed by atoms with Crippen LogP contribution in [0.25, 0.3) is 0 Å². The molecule has 2 aromatic carbocycles. The molecule has 1 amide bonds. The molecule has 0 aliphatic carbocycles. The van der Waals surface area contributed by atoms with Crippen LogP contribution in [0.2, 0.25) is 0 Å². The molecule has 0 heterocycles. The van der Waals surface area contributed by atoms with Gasteiger partial charge in [-0.05, 0) is 45.0 Å². The number of amides is 1. The van der Waals surface area contributed by atoms with Crippen molar-refractivity contribution < 1.29 is 26.4 Å². The molecule has 0 bridgehead atoms. The molecule has 0 saturated carbocycles. The van der Waals surface area contributed by atoms with E-state index in [0.717, 1.165) is 0 Å². The quantitative estimate of drug-likeness (QED) is 0.651. The van der Waals surface area contributed by atoms with Crippen molar-refractivity contribution in [2.75, 3.05) is 22.9 Å². The molecule has 0 spiro atoms. The second kappa shape index (κ2) is 8.83. The molecular formula is C19H24N2O6S2. The Morgan fingerprint density at radius 1 is 1.07 bits per heavy atom. The van der Waals surface area contributed by atoms with Crippen LogP contribution in [0.1, 0.15) is 31.1 Å². The zero-order valence-electron chi connectivity index (χ0n) is 16.6. The number of carbonyl (C=O) groups is 1. The molecule has 0 aromatic heterocycles. The van der Waals surface area contributed by atoms with Crippen molar-refractivity contribution in [1.82, 2.24) is 0 Å². The Balaban J connectivity index is 2.36. The van der Waals surface area contributed by atoms with Gasteiger partial charge in [0.1, 0.15) is 5.75 Å². The Morgan fingerprint density at radius 2 is 1.72 bits per heavy atom. The van der Waals surface area contributed by atoms with E-state index in [1.54, 1.807) is 26.0 Å². The molecule has 0 fully saturated rings. The molecule has 0 unspecified atom stereocenters. The van der Waals surface area contributed by atoms with Crippen LogP contribution in [0, 0.1) is 0 Å². The molecular weight excluding hydrogens is 416 g/mol. The molecule has 10 heteroatoms. The van der Waals surface area contributed by atoms with Gasteiger partial charge < -0.3 is 10.1 Å². The van der Waals surface area contributed by atoms with E-state index in [1.165, 1.54) is 44.4 Å². The Kier molecular flexibility index (Phi) is 6.91. The molecule has 29 heavy (non-hydrogen) atoms. The van der Waals surface area contributed by atoms with Crippen molar-refractivity contribution in [2.45, 2.75) is 30.9 Å². The Morgan fingerprint density at radius 3 is 2.31 bits per heavy atom. The molecule has 2 N–H and O–H groups in total. The second-order valence-corrected chi connectivity index (χ2v) is 10.9. The van der Waals surface area contributed by atoms with Gasteiger partial charge in [0.05, 0.1) is 34.3 Å². The fraction of sp³-hybridized carbons (Fsp3) is 0.316. The minimum atomic E-state index is -3.65. The standard InChI is InChI=1S/C19H24N2O6S2/c1-5-28(23,24)21-16-11-10-14(12-17(16)27-4)20-19(22)15-8-6-7-9-18(15)29(25,26)13(2)3/h6-13,21H,5H2,1-4H3,(H,20,22). The fourth-order valence-electron chi connectivity index (χ4n) is 2.45. The molecule has 2 rings (SSSR count). The van der Waals surface area contributed by atoms with Gasteiger partial charge in [0, 0.05) is 11.8 Å². The summed E-state index contributed by atoms with van der Waals surface area (Å²) in [7, 11) is -5.78. The highest BCUT2D eigenvalue weighted by Crippen LogP contribution is 2.29. The van der Waals surface area contributed by atoms with Crippen LogP contribution >= 0.6 is 0 Å². The zero-order chi connectivity index (χ0) is 21.8. The number of nitrogens with one attached hydrogen (secondary N) is 2. The lowest BCUT2D eigenvalue weighted by molar-refractivity contribution is 0.102. The van der Waals surface area contributed by atoms with E-state index < -0.39 is 31.0 Å². The van der Waals surface area contributed by atoms with E-state index in [9.17, 15) is 21.6 Å². The maximum absolute atomic E-state index is 12.7. The van der Waals surface area contributed by atoms with Gasteiger partial charge in [0.15, 0.2) is 9.84 Å². The number of carbonyl (C=O) groups excluding carboxylic acids is 1. The predicted molar refractivity (Wildman–Crippen MR) is 113 cm³/mol. The van der Waals surface area contributed by atoms with Crippen molar-refractivity contribution in [2.24, 2.45) is 0 Å². The van der Waals surface area contributed by atoms with E-state index in [0.29, 0.717) is 5.69 Å². The zero-order valence-corrected chi connectivity index (χ0v) is 18.2. The summed E-state index contributed by atoms with van der Waals surface area (Å²) in [6.07, 6.45) is 0. The summed E-state index contributed by atoms with van der Waals surface area (Å²) in [6.45, 7) is 4.60. The van der Waals surface area contributed by atoms with Crippen LogP contribution in [0.15, 0.2) is 47.4 Å². The third kappa shape index (κ3) is 5.27. The van der Waals surface area contributed by atoms with E-state index in [4.69, 9.17) is 4.74 Å². The highest BCUT2D eigenvalue weighted by molar-refractivity contribution is 7.92. The highest BCUT2D eigenvalue weighted by atomic mass is 32.2. The van der Waals surface area contributed by atoms with Crippen LogP contribution in [0.4, 0.5) is 11.4 Å². The van der Waals surface area contributed by atoms with Gasteiger partial charge in [0.25, 0.3) is 5.91 Å². The Hall–Kier alpha value is -2.59. The van der Waals surface area contributed by atoms with Crippen molar-refractivity contribution in [3.05, 3.63) is 48.0 Å². The molecule has 158 valence electrons. The lowest BCUT2D eigenvalue weighted by Crippen LogP contribution is -2.21. The van der Waals surface area contributed by atoms with Gasteiger partial charge >= 0.3 is 0 Å². The van der Waals surface area contributed by atoms with Gasteiger partial charge in [-0.15, -0.1) is 0 Å². The summed E-state index contributed by atoms with van der Waals surface area (Å²) >= 11 is 0. The van der Waals surface area contributed by atoms with Crippen LogP contribution in [-0.4, -0.2) is 40.9 Å². The van der Waals surface area contributed by atoms with Gasteiger partial charge in [0.2, 0.25) is 10.0 Å². The molecule has 0 radical (unpaired) electrons. The average Bonchev–Trinajstić information content (AvgIpc) is 2.68. The smallest absolute Gasteiger partial charge is 0.256 e. The van der Waals surface area contributed by atoms with Gasteiger partial charge in [-0.2, -0.15) is 0 Å². The first-order valence-corrected chi connectivity index (χ1v) is 12.0. The van der Waals surface area contributed by atoms with Crippen molar-refractivity contribution >= 4 is 37.1 Å².